The topological polar surface area (TPSA) is 61.7 Å². The van der Waals surface area contributed by atoms with E-state index in [0.717, 1.165) is 0 Å². The van der Waals surface area contributed by atoms with Crippen LogP contribution in [0.5, 0.6) is 0 Å². The van der Waals surface area contributed by atoms with Crippen LogP contribution in [-0.4, -0.2) is 19.1 Å². The first kappa shape index (κ1) is 8.63. The number of hydrogen-bond donors (Lipinski definition) is 1. The Morgan fingerprint density at radius 2 is 1.54 bits per heavy atom. The van der Waals surface area contributed by atoms with Crippen molar-refractivity contribution in [2.24, 2.45) is 5.73 Å². The molecule has 0 aliphatic heterocycles. The van der Waals surface area contributed by atoms with Gasteiger partial charge in [0.05, 0.1) is 0 Å². The van der Waals surface area contributed by atoms with E-state index in [2.05, 4.69) is 9.97 Å². The molecule has 2 N–H and O–H groups in total. The number of rotatable bonds is 2. The Kier molecular flexibility index (Phi) is 2.04. The van der Waals surface area contributed by atoms with E-state index in [1.807, 2.05) is 21.5 Å². The molecule has 0 amide bonds. The summed E-state index contributed by atoms with van der Waals surface area (Å²) in [6.45, 7) is 0. The van der Waals surface area contributed by atoms with E-state index in [0.29, 0.717) is 0 Å². The maximum atomic E-state index is 6.12. The molecule has 0 aliphatic carbocycles. The molecule has 68 valence electrons. The molecule has 0 aromatic carbocycles. The molecular weight excluding hydrogens is 340 g/mol. The first-order valence-corrected chi connectivity index (χ1v) is 5.02. The van der Waals surface area contributed by atoms with Crippen LogP contribution in [-0.2, 0) is 23.5 Å². The first-order valence-electron chi connectivity index (χ1n) is 3.66. The van der Waals surface area contributed by atoms with Crippen molar-refractivity contribution in [1.29, 1.82) is 0 Å². The SMILES string of the molecule is N[C]([Re])(n1ccnc1)n1ccnc1. The van der Waals surface area contributed by atoms with Crippen molar-refractivity contribution in [2.75, 3.05) is 0 Å². The predicted octanol–water partition coefficient (Wildman–Crippen LogP) is -0.299. The van der Waals surface area contributed by atoms with Gasteiger partial charge in [-0.25, -0.2) is 0 Å². The number of hydrogen-bond acceptors (Lipinski definition) is 3. The monoisotopic (exact) mass is 349 g/mol. The van der Waals surface area contributed by atoms with Crippen LogP contribution in [0.3, 0.4) is 0 Å². The summed E-state index contributed by atoms with van der Waals surface area (Å²) in [6, 6.07) is 0. The Bertz CT molecular complexity index is 327. The van der Waals surface area contributed by atoms with Gasteiger partial charge in [-0.1, -0.05) is 0 Å². The molecule has 0 spiro atoms. The molecule has 0 radical (unpaired) electrons. The van der Waals surface area contributed by atoms with E-state index in [1.165, 1.54) is 19.2 Å². The second kappa shape index (κ2) is 3.07. The fraction of sp³-hybridized carbons (Fsp3) is 0.143. The van der Waals surface area contributed by atoms with Crippen LogP contribution in [0, 0.1) is 0 Å². The van der Waals surface area contributed by atoms with Crippen LogP contribution >= 0.6 is 0 Å². The van der Waals surface area contributed by atoms with Crippen molar-refractivity contribution in [2.45, 2.75) is 4.26 Å². The minimum atomic E-state index is -0.590. The molecule has 2 heterocycles. The second-order valence-electron chi connectivity index (χ2n) is 2.58. The fourth-order valence-electron chi connectivity index (χ4n) is 1.02. The third kappa shape index (κ3) is 1.44. The van der Waals surface area contributed by atoms with Gasteiger partial charge in [-0.3, -0.25) is 0 Å². The van der Waals surface area contributed by atoms with Gasteiger partial charge in [-0.05, 0) is 0 Å². The summed E-state index contributed by atoms with van der Waals surface area (Å²) >= 11 is 1.44. The Labute approximate surface area is 86.0 Å². The predicted molar refractivity (Wildman–Crippen MR) is 42.0 cm³/mol. The summed E-state index contributed by atoms with van der Waals surface area (Å²) in [7, 11) is 0. The second-order valence-corrected chi connectivity index (χ2v) is 4.57. The molecule has 0 saturated carbocycles. The van der Waals surface area contributed by atoms with Crippen LogP contribution in [0.4, 0.5) is 0 Å². The van der Waals surface area contributed by atoms with Crippen LogP contribution < -0.4 is 5.73 Å². The zero-order chi connectivity index (χ0) is 9.31. The molecule has 2 rings (SSSR count). The minimum absolute atomic E-state index is 0.590. The molecule has 6 heteroatoms. The quantitative estimate of drug-likeness (QED) is 0.811. The first-order chi connectivity index (χ1) is 6.21. The Balaban J connectivity index is 2.42. The zero-order valence-electron chi connectivity index (χ0n) is 6.71. The molecule has 0 unspecified atom stereocenters. The average molecular weight is 348 g/mol. The summed E-state index contributed by atoms with van der Waals surface area (Å²) < 4.78 is 3.09. The molecule has 13 heavy (non-hydrogen) atoms. The van der Waals surface area contributed by atoms with Gasteiger partial charge in [0, 0.05) is 0 Å². The van der Waals surface area contributed by atoms with Gasteiger partial charge in [-0.15, -0.1) is 0 Å². The van der Waals surface area contributed by atoms with Crippen molar-refractivity contribution in [3.05, 3.63) is 37.4 Å². The summed E-state index contributed by atoms with van der Waals surface area (Å²) in [5, 5.41) is 0. The molecule has 0 fully saturated rings. The normalized spacial score (nSPS) is 11.8. The van der Waals surface area contributed by atoms with Gasteiger partial charge in [0.2, 0.25) is 0 Å². The van der Waals surface area contributed by atoms with Crippen LogP contribution in [0.1, 0.15) is 0 Å². The maximum absolute atomic E-state index is 6.12. The van der Waals surface area contributed by atoms with Crippen molar-refractivity contribution >= 4 is 0 Å². The zero-order valence-corrected chi connectivity index (χ0v) is 9.42. The Morgan fingerprint density at radius 1 is 1.08 bits per heavy atom. The van der Waals surface area contributed by atoms with E-state index < -0.39 is 4.26 Å². The van der Waals surface area contributed by atoms with Crippen LogP contribution in [0.2, 0.25) is 0 Å². The molecule has 0 aliphatic rings. The van der Waals surface area contributed by atoms with E-state index >= 15 is 0 Å². The third-order valence-electron chi connectivity index (χ3n) is 1.73. The van der Waals surface area contributed by atoms with Gasteiger partial charge in [0.25, 0.3) is 0 Å². The molecule has 5 nitrogen and oxygen atoms in total. The average Bonchev–Trinajstić information content (AvgIpc) is 2.78. The number of nitrogens with zero attached hydrogens (tertiary/aromatic N) is 4. The molecule has 0 atom stereocenters. The van der Waals surface area contributed by atoms with Gasteiger partial charge in [-0.2, -0.15) is 0 Å². The van der Waals surface area contributed by atoms with Gasteiger partial charge >= 0.3 is 85.7 Å². The van der Waals surface area contributed by atoms with Crippen molar-refractivity contribution in [3.8, 4) is 0 Å². The van der Waals surface area contributed by atoms with Crippen LogP contribution in [0.15, 0.2) is 37.4 Å². The van der Waals surface area contributed by atoms with Gasteiger partial charge in [0.1, 0.15) is 0 Å². The summed E-state index contributed by atoms with van der Waals surface area (Å²) in [6.07, 6.45) is 10.5. The van der Waals surface area contributed by atoms with E-state index in [4.69, 9.17) is 5.73 Å². The summed E-state index contributed by atoms with van der Waals surface area (Å²) in [4.78, 5) is 7.91. The van der Waals surface area contributed by atoms with Crippen molar-refractivity contribution in [3.63, 3.8) is 0 Å². The van der Waals surface area contributed by atoms with E-state index in [1.54, 1.807) is 25.0 Å². The van der Waals surface area contributed by atoms with Crippen molar-refractivity contribution < 1.29 is 19.2 Å². The van der Waals surface area contributed by atoms with E-state index in [9.17, 15) is 0 Å². The Hall–Kier alpha value is -0.958. The van der Waals surface area contributed by atoms with Crippen molar-refractivity contribution in [1.82, 2.24) is 19.1 Å². The molecule has 0 saturated heterocycles. The summed E-state index contributed by atoms with van der Waals surface area (Å²) in [5.41, 5.74) is 6.12. The standard InChI is InChI=1S/C7H8N5.Re/c8-7(11-3-1-9-5-11)12-4-2-10-6-12;/h1-6H,8H2;. The number of aromatic nitrogens is 4. The van der Waals surface area contributed by atoms with Gasteiger partial charge in [0.15, 0.2) is 0 Å². The molecular formula is C7H8N5Re. The number of nitrogens with two attached hydrogens (primary N) is 1. The third-order valence-corrected chi connectivity index (χ3v) is 3.14. The Morgan fingerprint density at radius 3 is 1.85 bits per heavy atom. The fourth-order valence-corrected chi connectivity index (χ4v) is 1.74. The summed E-state index contributed by atoms with van der Waals surface area (Å²) in [5.74, 6) is 0. The van der Waals surface area contributed by atoms with E-state index in [-0.39, 0.29) is 0 Å². The molecule has 2 aromatic heterocycles. The van der Waals surface area contributed by atoms with Gasteiger partial charge < -0.3 is 0 Å². The molecule has 2 aromatic rings. The molecule has 0 bridgehead atoms. The van der Waals surface area contributed by atoms with Crippen LogP contribution in [0.25, 0.3) is 0 Å². The number of imidazole rings is 2.